The van der Waals surface area contributed by atoms with Crippen molar-refractivity contribution >= 4 is 17.3 Å². The molecule has 78 valence electrons. The van der Waals surface area contributed by atoms with E-state index in [4.69, 9.17) is 16.7 Å². The van der Waals surface area contributed by atoms with Crippen LogP contribution in [-0.2, 0) is 0 Å². The number of anilines is 1. The summed E-state index contributed by atoms with van der Waals surface area (Å²) in [6.45, 7) is 1.90. The third kappa shape index (κ3) is 2.46. The first-order valence-corrected chi connectivity index (χ1v) is 4.67. The van der Waals surface area contributed by atoms with Gasteiger partial charge in [0.2, 0.25) is 0 Å². The number of nitrogens with zero attached hydrogens (tertiary/aromatic N) is 1. The maximum Gasteiger partial charge on any atom is 0.285 e. The van der Waals surface area contributed by atoms with Gasteiger partial charge >= 0.3 is 0 Å². The molecule has 0 radical (unpaired) electrons. The van der Waals surface area contributed by atoms with Crippen LogP contribution in [0.25, 0.3) is 0 Å². The Morgan fingerprint density at radius 1 is 1.79 bits per heavy atom. The number of halogens is 1. The number of aromatic amines is 1. The van der Waals surface area contributed by atoms with Crippen molar-refractivity contribution < 1.29 is 5.11 Å². The van der Waals surface area contributed by atoms with E-state index in [0.29, 0.717) is 5.69 Å². The normalized spacial score (nSPS) is 12.5. The summed E-state index contributed by atoms with van der Waals surface area (Å²) in [5.41, 5.74) is 0.000719. The first-order valence-electron chi connectivity index (χ1n) is 4.29. The van der Waals surface area contributed by atoms with E-state index < -0.39 is 5.56 Å². The molecule has 0 aliphatic rings. The average molecular weight is 218 g/mol. The maximum atomic E-state index is 11.0. The molecule has 0 aliphatic carbocycles. The molecule has 3 N–H and O–H groups in total. The highest BCUT2D eigenvalue weighted by Crippen LogP contribution is 2.15. The zero-order valence-corrected chi connectivity index (χ0v) is 8.51. The van der Waals surface area contributed by atoms with Crippen LogP contribution in [0.2, 0.25) is 5.02 Å². The lowest BCUT2D eigenvalue weighted by atomic mass is 10.2. The van der Waals surface area contributed by atoms with E-state index >= 15 is 0 Å². The van der Waals surface area contributed by atoms with Crippen molar-refractivity contribution in [3.05, 3.63) is 21.6 Å². The summed E-state index contributed by atoms with van der Waals surface area (Å²) < 4.78 is 0. The van der Waals surface area contributed by atoms with E-state index in [-0.39, 0.29) is 17.7 Å². The average Bonchev–Trinajstić information content (AvgIpc) is 2.20. The number of aromatic nitrogens is 2. The van der Waals surface area contributed by atoms with Crippen LogP contribution >= 0.6 is 11.6 Å². The quantitative estimate of drug-likeness (QED) is 0.691. The molecular formula is C8H12ClN3O2. The first kappa shape index (κ1) is 11.0. The number of aliphatic hydroxyl groups excluding tert-OH is 1. The van der Waals surface area contributed by atoms with Gasteiger partial charge in [-0.3, -0.25) is 4.79 Å². The van der Waals surface area contributed by atoms with Crippen LogP contribution in [0.15, 0.2) is 11.0 Å². The van der Waals surface area contributed by atoms with E-state index in [2.05, 4.69) is 15.5 Å². The van der Waals surface area contributed by atoms with Gasteiger partial charge in [-0.2, -0.15) is 5.10 Å². The molecule has 0 fully saturated rings. The molecule has 1 aromatic heterocycles. The van der Waals surface area contributed by atoms with E-state index in [1.54, 1.807) is 0 Å². The molecule has 6 heteroatoms. The zero-order chi connectivity index (χ0) is 10.6. The van der Waals surface area contributed by atoms with Crippen LogP contribution < -0.4 is 10.9 Å². The van der Waals surface area contributed by atoms with Gasteiger partial charge in [0.05, 0.1) is 18.5 Å². The third-order valence-electron chi connectivity index (χ3n) is 1.87. The van der Waals surface area contributed by atoms with Gasteiger partial charge < -0.3 is 10.4 Å². The molecule has 1 rings (SSSR count). The fourth-order valence-electron chi connectivity index (χ4n) is 0.981. The molecule has 0 aromatic carbocycles. The molecule has 1 atom stereocenters. The van der Waals surface area contributed by atoms with Crippen LogP contribution in [0, 0.1) is 0 Å². The minimum absolute atomic E-state index is 0.0143. The van der Waals surface area contributed by atoms with E-state index in [1.807, 2.05) is 6.92 Å². The van der Waals surface area contributed by atoms with Crippen molar-refractivity contribution in [1.29, 1.82) is 0 Å². The van der Waals surface area contributed by atoms with E-state index in [1.165, 1.54) is 6.20 Å². The Kier molecular flexibility index (Phi) is 3.91. The fraction of sp³-hybridized carbons (Fsp3) is 0.500. The highest BCUT2D eigenvalue weighted by atomic mass is 35.5. The minimum atomic E-state index is -0.440. The Hall–Kier alpha value is -1.07. The summed E-state index contributed by atoms with van der Waals surface area (Å²) in [4.78, 5) is 11.0. The predicted molar refractivity (Wildman–Crippen MR) is 54.7 cm³/mol. The van der Waals surface area contributed by atoms with Crippen LogP contribution in [0.1, 0.15) is 13.3 Å². The second kappa shape index (κ2) is 4.97. The van der Waals surface area contributed by atoms with Crippen molar-refractivity contribution in [3.8, 4) is 0 Å². The number of hydrogen-bond acceptors (Lipinski definition) is 4. The minimum Gasteiger partial charge on any atom is -0.394 e. The van der Waals surface area contributed by atoms with Gasteiger partial charge in [-0.15, -0.1) is 0 Å². The van der Waals surface area contributed by atoms with Gasteiger partial charge in [-0.1, -0.05) is 18.5 Å². The van der Waals surface area contributed by atoms with Crippen LogP contribution in [-0.4, -0.2) is 28.0 Å². The largest absolute Gasteiger partial charge is 0.394 e. The van der Waals surface area contributed by atoms with Crippen molar-refractivity contribution in [1.82, 2.24) is 10.2 Å². The molecule has 5 nitrogen and oxygen atoms in total. The molecule has 0 saturated carbocycles. The Labute approximate surface area is 86.1 Å². The standard InChI is InChI=1S/C8H12ClN3O2/c1-2-5(4-13)11-6-3-10-12-8(14)7(6)9/h3,5,13H,2,4H2,1H3,(H2,11,12,14)/t5-/m0/s1. The van der Waals surface area contributed by atoms with Gasteiger partial charge in [0, 0.05) is 6.04 Å². The predicted octanol–water partition coefficient (Wildman–Crippen LogP) is 0.606. The van der Waals surface area contributed by atoms with Gasteiger partial charge in [-0.25, -0.2) is 5.10 Å². The van der Waals surface area contributed by atoms with Gasteiger partial charge in [0.1, 0.15) is 5.02 Å². The summed E-state index contributed by atoms with van der Waals surface area (Å²) in [6.07, 6.45) is 2.15. The number of hydrogen-bond donors (Lipinski definition) is 3. The molecule has 0 bridgehead atoms. The Morgan fingerprint density at radius 3 is 3.07 bits per heavy atom. The summed E-state index contributed by atoms with van der Waals surface area (Å²) in [5.74, 6) is 0. The smallest absolute Gasteiger partial charge is 0.285 e. The number of aliphatic hydroxyl groups is 1. The van der Waals surface area contributed by atoms with E-state index in [0.717, 1.165) is 6.42 Å². The molecule has 14 heavy (non-hydrogen) atoms. The summed E-state index contributed by atoms with van der Waals surface area (Å²) in [7, 11) is 0. The molecule has 0 unspecified atom stereocenters. The molecule has 0 spiro atoms. The molecular weight excluding hydrogens is 206 g/mol. The Balaban J connectivity index is 2.86. The second-order valence-corrected chi connectivity index (χ2v) is 3.24. The van der Waals surface area contributed by atoms with E-state index in [9.17, 15) is 4.79 Å². The molecule has 0 amide bonds. The van der Waals surface area contributed by atoms with Gasteiger partial charge in [0.15, 0.2) is 0 Å². The molecule has 0 saturated heterocycles. The molecule has 1 aromatic rings. The lowest BCUT2D eigenvalue weighted by Gasteiger charge is -2.15. The SMILES string of the molecule is CC[C@@H](CO)Nc1cn[nH]c(=O)c1Cl. The Morgan fingerprint density at radius 2 is 2.50 bits per heavy atom. The molecule has 1 heterocycles. The van der Waals surface area contributed by atoms with Gasteiger partial charge in [-0.05, 0) is 6.42 Å². The third-order valence-corrected chi connectivity index (χ3v) is 2.24. The zero-order valence-electron chi connectivity index (χ0n) is 7.75. The topological polar surface area (TPSA) is 78.0 Å². The lowest BCUT2D eigenvalue weighted by Crippen LogP contribution is -2.24. The highest BCUT2D eigenvalue weighted by Gasteiger charge is 2.09. The number of rotatable bonds is 4. The van der Waals surface area contributed by atoms with Crippen molar-refractivity contribution in [3.63, 3.8) is 0 Å². The summed E-state index contributed by atoms with van der Waals surface area (Å²) >= 11 is 5.72. The number of H-pyrrole nitrogens is 1. The maximum absolute atomic E-state index is 11.0. The van der Waals surface area contributed by atoms with Crippen molar-refractivity contribution in [2.45, 2.75) is 19.4 Å². The second-order valence-electron chi connectivity index (χ2n) is 2.86. The summed E-state index contributed by atoms with van der Waals surface area (Å²) in [6, 6.07) is -0.115. The lowest BCUT2D eigenvalue weighted by molar-refractivity contribution is 0.272. The van der Waals surface area contributed by atoms with Crippen LogP contribution in [0.5, 0.6) is 0 Å². The Bertz CT molecular complexity index is 349. The first-order chi connectivity index (χ1) is 6.69. The number of nitrogens with one attached hydrogen (secondary N) is 2. The van der Waals surface area contributed by atoms with Crippen LogP contribution in [0.4, 0.5) is 5.69 Å². The monoisotopic (exact) mass is 217 g/mol. The molecule has 0 aliphatic heterocycles. The van der Waals surface area contributed by atoms with Gasteiger partial charge in [0.25, 0.3) is 5.56 Å². The van der Waals surface area contributed by atoms with Crippen molar-refractivity contribution in [2.24, 2.45) is 0 Å². The van der Waals surface area contributed by atoms with Crippen LogP contribution in [0.3, 0.4) is 0 Å². The highest BCUT2D eigenvalue weighted by molar-refractivity contribution is 6.32. The van der Waals surface area contributed by atoms with Crippen molar-refractivity contribution in [2.75, 3.05) is 11.9 Å². The summed E-state index contributed by atoms with van der Waals surface area (Å²) in [5, 5.41) is 17.7. The fourth-order valence-corrected chi connectivity index (χ4v) is 1.13.